The van der Waals surface area contributed by atoms with Gasteiger partial charge < -0.3 is 5.73 Å². The summed E-state index contributed by atoms with van der Waals surface area (Å²) in [5, 5.41) is 2.60. The van der Waals surface area contributed by atoms with Gasteiger partial charge in [-0.1, -0.05) is 28.1 Å². The van der Waals surface area contributed by atoms with Crippen LogP contribution >= 0.6 is 27.3 Å². The highest BCUT2D eigenvalue weighted by Gasteiger charge is 2.09. The fourth-order valence-corrected chi connectivity index (χ4v) is 2.42. The van der Waals surface area contributed by atoms with Crippen molar-refractivity contribution in [2.45, 2.75) is 13.8 Å². The predicted octanol–water partition coefficient (Wildman–Crippen LogP) is 3.77. The largest absolute Gasteiger partial charge is 0.375 e. The standard InChI is InChI=1S/C11H11BrN2S/c1-6-3-4-8(7(2)10(6)12)9-5-15-11(13)14-9/h3-5H,1-2H3,(H2,13,14). The first-order chi connectivity index (χ1) is 7.09. The summed E-state index contributed by atoms with van der Waals surface area (Å²) in [5.74, 6) is 0. The van der Waals surface area contributed by atoms with Crippen molar-refractivity contribution in [3.63, 3.8) is 0 Å². The number of aromatic nitrogens is 1. The Morgan fingerprint density at radius 2 is 2.07 bits per heavy atom. The molecule has 0 aliphatic carbocycles. The summed E-state index contributed by atoms with van der Waals surface area (Å²) in [6.45, 7) is 4.16. The maximum Gasteiger partial charge on any atom is 0.180 e. The van der Waals surface area contributed by atoms with E-state index in [4.69, 9.17) is 5.73 Å². The van der Waals surface area contributed by atoms with E-state index in [1.54, 1.807) is 0 Å². The van der Waals surface area contributed by atoms with Crippen LogP contribution < -0.4 is 5.73 Å². The topological polar surface area (TPSA) is 38.9 Å². The second-order valence-electron chi connectivity index (χ2n) is 3.44. The lowest BCUT2D eigenvalue weighted by atomic mass is 10.0. The molecule has 0 saturated carbocycles. The van der Waals surface area contributed by atoms with E-state index >= 15 is 0 Å². The molecule has 0 spiro atoms. The van der Waals surface area contributed by atoms with Crippen LogP contribution in [0, 0.1) is 13.8 Å². The zero-order valence-corrected chi connectivity index (χ0v) is 10.9. The number of aryl methyl sites for hydroxylation is 1. The van der Waals surface area contributed by atoms with Gasteiger partial charge in [0.2, 0.25) is 0 Å². The first-order valence-corrected chi connectivity index (χ1v) is 6.24. The van der Waals surface area contributed by atoms with Crippen LogP contribution in [0.15, 0.2) is 22.0 Å². The molecular formula is C11H11BrN2S. The van der Waals surface area contributed by atoms with Gasteiger partial charge in [0.25, 0.3) is 0 Å². The first kappa shape index (κ1) is 10.6. The normalized spacial score (nSPS) is 10.6. The number of hydrogen-bond donors (Lipinski definition) is 1. The number of anilines is 1. The molecule has 78 valence electrons. The van der Waals surface area contributed by atoms with Crippen molar-refractivity contribution < 1.29 is 0 Å². The highest BCUT2D eigenvalue weighted by molar-refractivity contribution is 9.10. The van der Waals surface area contributed by atoms with E-state index in [-0.39, 0.29) is 0 Å². The third-order valence-corrected chi connectivity index (χ3v) is 4.27. The van der Waals surface area contributed by atoms with Crippen LogP contribution in [-0.4, -0.2) is 4.98 Å². The molecule has 0 unspecified atom stereocenters. The van der Waals surface area contributed by atoms with Crippen LogP contribution in [0.3, 0.4) is 0 Å². The Bertz CT molecular complexity index is 505. The van der Waals surface area contributed by atoms with Crippen molar-refractivity contribution in [3.05, 3.63) is 33.1 Å². The SMILES string of the molecule is Cc1ccc(-c2csc(N)n2)c(C)c1Br. The summed E-state index contributed by atoms with van der Waals surface area (Å²) in [6.07, 6.45) is 0. The Labute approximate surface area is 101 Å². The highest BCUT2D eigenvalue weighted by Crippen LogP contribution is 2.31. The fraction of sp³-hybridized carbons (Fsp3) is 0.182. The number of nitrogens with two attached hydrogens (primary N) is 1. The molecule has 2 nitrogen and oxygen atoms in total. The van der Waals surface area contributed by atoms with Crippen molar-refractivity contribution in [2.75, 3.05) is 5.73 Å². The third-order valence-electron chi connectivity index (χ3n) is 2.38. The summed E-state index contributed by atoms with van der Waals surface area (Å²) in [4.78, 5) is 4.29. The van der Waals surface area contributed by atoms with E-state index in [1.165, 1.54) is 22.5 Å². The van der Waals surface area contributed by atoms with Gasteiger partial charge >= 0.3 is 0 Å². The first-order valence-electron chi connectivity index (χ1n) is 4.56. The quantitative estimate of drug-likeness (QED) is 0.865. The molecule has 2 N–H and O–H groups in total. The zero-order valence-electron chi connectivity index (χ0n) is 8.54. The van der Waals surface area contributed by atoms with Crippen LogP contribution in [0.1, 0.15) is 11.1 Å². The molecule has 4 heteroatoms. The van der Waals surface area contributed by atoms with Gasteiger partial charge in [0.1, 0.15) is 0 Å². The summed E-state index contributed by atoms with van der Waals surface area (Å²) in [6, 6.07) is 4.17. The summed E-state index contributed by atoms with van der Waals surface area (Å²) >= 11 is 5.05. The van der Waals surface area contributed by atoms with Crippen LogP contribution in [0.4, 0.5) is 5.13 Å². The Balaban J connectivity index is 2.59. The highest BCUT2D eigenvalue weighted by atomic mass is 79.9. The number of nitrogen functional groups attached to an aromatic ring is 1. The van der Waals surface area contributed by atoms with E-state index < -0.39 is 0 Å². The van der Waals surface area contributed by atoms with Crippen molar-refractivity contribution in [2.24, 2.45) is 0 Å². The molecule has 15 heavy (non-hydrogen) atoms. The van der Waals surface area contributed by atoms with Gasteiger partial charge in [-0.05, 0) is 25.0 Å². The minimum absolute atomic E-state index is 0.612. The maximum absolute atomic E-state index is 5.63. The Morgan fingerprint density at radius 1 is 1.33 bits per heavy atom. The van der Waals surface area contributed by atoms with Crippen molar-refractivity contribution in [1.29, 1.82) is 0 Å². The van der Waals surface area contributed by atoms with E-state index in [2.05, 4.69) is 46.9 Å². The zero-order chi connectivity index (χ0) is 11.0. The van der Waals surface area contributed by atoms with E-state index in [0.29, 0.717) is 5.13 Å². The average molecular weight is 283 g/mol. The lowest BCUT2D eigenvalue weighted by Gasteiger charge is -2.07. The average Bonchev–Trinajstić information content (AvgIpc) is 2.61. The fourth-order valence-electron chi connectivity index (χ4n) is 1.51. The third kappa shape index (κ3) is 1.92. The lowest BCUT2D eigenvalue weighted by Crippen LogP contribution is -1.89. The van der Waals surface area contributed by atoms with Crippen molar-refractivity contribution in [1.82, 2.24) is 4.98 Å². The minimum atomic E-state index is 0.612. The second kappa shape index (κ2) is 3.94. The van der Waals surface area contributed by atoms with E-state index in [1.807, 2.05) is 5.38 Å². The van der Waals surface area contributed by atoms with Gasteiger partial charge in [0, 0.05) is 15.4 Å². The summed E-state index contributed by atoms with van der Waals surface area (Å²) in [5.41, 5.74) is 10.2. The minimum Gasteiger partial charge on any atom is -0.375 e. The molecule has 0 amide bonds. The van der Waals surface area contributed by atoms with Gasteiger partial charge in [-0.15, -0.1) is 11.3 Å². The number of rotatable bonds is 1. The molecule has 0 aliphatic heterocycles. The van der Waals surface area contributed by atoms with Crippen molar-refractivity contribution in [3.8, 4) is 11.3 Å². The smallest absolute Gasteiger partial charge is 0.180 e. The number of halogens is 1. The number of hydrogen-bond acceptors (Lipinski definition) is 3. The summed E-state index contributed by atoms with van der Waals surface area (Å²) < 4.78 is 1.14. The van der Waals surface area contributed by atoms with Crippen LogP contribution in [-0.2, 0) is 0 Å². The Hall–Kier alpha value is -0.870. The Kier molecular flexibility index (Phi) is 2.80. The van der Waals surface area contributed by atoms with Gasteiger partial charge in [0.15, 0.2) is 5.13 Å². The van der Waals surface area contributed by atoms with E-state index in [0.717, 1.165) is 15.7 Å². The van der Waals surface area contributed by atoms with Crippen LogP contribution in [0.25, 0.3) is 11.3 Å². The Morgan fingerprint density at radius 3 is 2.67 bits per heavy atom. The monoisotopic (exact) mass is 282 g/mol. The van der Waals surface area contributed by atoms with Crippen LogP contribution in [0.2, 0.25) is 0 Å². The molecule has 1 aromatic carbocycles. The molecule has 0 bridgehead atoms. The number of nitrogens with zero attached hydrogens (tertiary/aromatic N) is 1. The predicted molar refractivity (Wildman–Crippen MR) is 69.1 cm³/mol. The lowest BCUT2D eigenvalue weighted by molar-refractivity contribution is 1.31. The van der Waals surface area contributed by atoms with Gasteiger partial charge in [-0.25, -0.2) is 4.98 Å². The molecule has 0 saturated heterocycles. The van der Waals surface area contributed by atoms with Crippen molar-refractivity contribution >= 4 is 32.4 Å². The van der Waals surface area contributed by atoms with Gasteiger partial charge in [-0.3, -0.25) is 0 Å². The van der Waals surface area contributed by atoms with Crippen LogP contribution in [0.5, 0.6) is 0 Å². The van der Waals surface area contributed by atoms with E-state index in [9.17, 15) is 0 Å². The molecule has 0 atom stereocenters. The molecule has 2 rings (SSSR count). The van der Waals surface area contributed by atoms with Gasteiger partial charge in [-0.2, -0.15) is 0 Å². The molecule has 1 heterocycles. The molecule has 0 fully saturated rings. The molecule has 2 aromatic rings. The second-order valence-corrected chi connectivity index (χ2v) is 5.12. The van der Waals surface area contributed by atoms with Gasteiger partial charge in [0.05, 0.1) is 5.69 Å². The maximum atomic E-state index is 5.63. The molecule has 0 radical (unpaired) electrons. The molecular weight excluding hydrogens is 272 g/mol. The summed E-state index contributed by atoms with van der Waals surface area (Å²) in [7, 11) is 0. The number of benzene rings is 1. The number of thiazole rings is 1. The molecule has 0 aliphatic rings. The molecule has 1 aromatic heterocycles.